The second-order valence-electron chi connectivity index (χ2n) is 13.7. The van der Waals surface area contributed by atoms with Gasteiger partial charge in [-0.2, -0.15) is 0 Å². The van der Waals surface area contributed by atoms with Gasteiger partial charge in [0.25, 0.3) is 8.32 Å². The minimum atomic E-state index is -2.03. The van der Waals surface area contributed by atoms with Crippen molar-refractivity contribution in [2.75, 3.05) is 0 Å². The Bertz CT molecular complexity index is 825. The predicted molar refractivity (Wildman–Crippen MR) is 157 cm³/mol. The van der Waals surface area contributed by atoms with E-state index in [9.17, 15) is 4.39 Å². The van der Waals surface area contributed by atoms with E-state index in [-0.39, 0.29) is 10.9 Å². The van der Waals surface area contributed by atoms with Gasteiger partial charge >= 0.3 is 0 Å². The van der Waals surface area contributed by atoms with Crippen LogP contribution in [0.25, 0.3) is 6.08 Å². The van der Waals surface area contributed by atoms with Crippen LogP contribution in [0.15, 0.2) is 24.3 Å². The minimum Gasteiger partial charge on any atom is -0.542 e. The highest BCUT2D eigenvalue weighted by atomic mass is 28.4. The SMILES string of the molecule is CCCCC[Si]1(C)CCC(C2CCC(/C=C/c3ccc(O[Si](C)(C)C(C)(C)C)c(F)c3)CC2)CC1. The normalized spacial score (nSPS) is 28.4. The molecule has 1 heterocycles. The first-order valence-corrected chi connectivity index (χ1v) is 20.6. The molecule has 1 aliphatic carbocycles. The van der Waals surface area contributed by atoms with E-state index in [0.717, 1.165) is 17.4 Å². The summed E-state index contributed by atoms with van der Waals surface area (Å²) in [7, 11) is -2.96. The molecule has 0 unspecified atom stereocenters. The summed E-state index contributed by atoms with van der Waals surface area (Å²) in [4.78, 5) is 0. The maximum absolute atomic E-state index is 14.8. The molecule has 4 heteroatoms. The van der Waals surface area contributed by atoms with Crippen LogP contribution in [0.2, 0.25) is 42.8 Å². The molecule has 0 N–H and O–H groups in total. The number of allylic oxidation sites excluding steroid dienone is 1. The number of benzene rings is 1. The van der Waals surface area contributed by atoms with Gasteiger partial charge in [0.2, 0.25) is 0 Å². The Morgan fingerprint density at radius 1 is 1.00 bits per heavy atom. The van der Waals surface area contributed by atoms with Crippen molar-refractivity contribution in [3.63, 3.8) is 0 Å². The van der Waals surface area contributed by atoms with Crippen molar-refractivity contribution in [1.82, 2.24) is 0 Å². The molecule has 0 aromatic heterocycles. The lowest BCUT2D eigenvalue weighted by Crippen LogP contribution is -2.44. The zero-order chi connectivity index (χ0) is 25.7. The van der Waals surface area contributed by atoms with Crippen molar-refractivity contribution >= 4 is 22.5 Å². The summed E-state index contributed by atoms with van der Waals surface area (Å²) >= 11 is 0. The van der Waals surface area contributed by atoms with Gasteiger partial charge in [-0.15, -0.1) is 0 Å². The van der Waals surface area contributed by atoms with Crippen LogP contribution in [-0.4, -0.2) is 16.4 Å². The van der Waals surface area contributed by atoms with Crippen LogP contribution in [0.5, 0.6) is 5.75 Å². The first kappa shape index (κ1) is 28.7. The predicted octanol–water partition coefficient (Wildman–Crippen LogP) is 10.7. The van der Waals surface area contributed by atoms with E-state index in [1.54, 1.807) is 24.2 Å². The topological polar surface area (TPSA) is 9.23 Å². The fourth-order valence-corrected chi connectivity index (χ4v) is 11.1. The quantitative estimate of drug-likeness (QED) is 0.234. The molecule has 1 aromatic carbocycles. The second kappa shape index (κ2) is 12.1. The molecular formula is C31H53FOSi2. The molecule has 1 nitrogen and oxygen atoms in total. The molecule has 2 fully saturated rings. The minimum absolute atomic E-state index is 0.0602. The van der Waals surface area contributed by atoms with E-state index in [4.69, 9.17) is 4.43 Å². The number of hydrogen-bond donors (Lipinski definition) is 0. The molecule has 35 heavy (non-hydrogen) atoms. The average molecular weight is 517 g/mol. The van der Waals surface area contributed by atoms with Gasteiger partial charge in [-0.05, 0) is 79.3 Å². The van der Waals surface area contributed by atoms with Crippen molar-refractivity contribution in [3.8, 4) is 5.75 Å². The van der Waals surface area contributed by atoms with E-state index in [1.807, 2.05) is 12.1 Å². The van der Waals surface area contributed by atoms with Gasteiger partial charge in [0, 0.05) is 0 Å². The molecule has 1 saturated heterocycles. The summed E-state index contributed by atoms with van der Waals surface area (Å²) in [6, 6.07) is 10.2. The van der Waals surface area contributed by atoms with Gasteiger partial charge in [0.15, 0.2) is 5.82 Å². The Labute approximate surface area is 218 Å². The van der Waals surface area contributed by atoms with E-state index >= 15 is 0 Å². The van der Waals surface area contributed by atoms with Gasteiger partial charge in [-0.25, -0.2) is 4.39 Å². The van der Waals surface area contributed by atoms with E-state index in [1.165, 1.54) is 57.8 Å². The summed E-state index contributed by atoms with van der Waals surface area (Å²) in [5.41, 5.74) is 0.951. The maximum atomic E-state index is 14.8. The molecule has 0 radical (unpaired) electrons. The molecule has 198 valence electrons. The summed E-state index contributed by atoms with van der Waals surface area (Å²) in [6.45, 7) is 15.9. The largest absolute Gasteiger partial charge is 0.542 e. The van der Waals surface area contributed by atoms with Crippen molar-refractivity contribution in [2.45, 2.75) is 128 Å². The summed E-state index contributed by atoms with van der Waals surface area (Å²) in [5.74, 6) is 2.77. The van der Waals surface area contributed by atoms with Crippen LogP contribution in [-0.2, 0) is 0 Å². The molecule has 0 atom stereocenters. The number of unbranched alkanes of at least 4 members (excludes halogenated alkanes) is 2. The van der Waals surface area contributed by atoms with E-state index in [2.05, 4.69) is 59.5 Å². The Morgan fingerprint density at radius 2 is 1.63 bits per heavy atom. The fraction of sp³-hybridized carbons (Fsp3) is 0.742. The van der Waals surface area contributed by atoms with Crippen LogP contribution >= 0.6 is 0 Å². The summed E-state index contributed by atoms with van der Waals surface area (Å²) < 4.78 is 21.0. The molecule has 1 saturated carbocycles. The average Bonchev–Trinajstić information content (AvgIpc) is 2.79. The third-order valence-corrected chi connectivity index (χ3v) is 18.7. The van der Waals surface area contributed by atoms with Crippen LogP contribution in [0.1, 0.15) is 91.0 Å². The highest BCUT2D eigenvalue weighted by Gasteiger charge is 2.39. The number of halogens is 1. The van der Waals surface area contributed by atoms with Gasteiger partial charge < -0.3 is 4.43 Å². The van der Waals surface area contributed by atoms with Crippen LogP contribution in [0, 0.1) is 23.6 Å². The smallest absolute Gasteiger partial charge is 0.250 e. The van der Waals surface area contributed by atoms with Crippen LogP contribution < -0.4 is 4.43 Å². The first-order chi connectivity index (χ1) is 16.4. The lowest BCUT2D eigenvalue weighted by Gasteiger charge is -2.41. The van der Waals surface area contributed by atoms with E-state index in [0.29, 0.717) is 11.7 Å². The van der Waals surface area contributed by atoms with Gasteiger partial charge in [-0.3, -0.25) is 0 Å². The molecule has 0 bridgehead atoms. The van der Waals surface area contributed by atoms with Gasteiger partial charge in [0.05, 0.1) is 8.07 Å². The molecule has 0 amide bonds. The number of rotatable bonds is 9. The Balaban J connectivity index is 1.46. The highest BCUT2D eigenvalue weighted by molar-refractivity contribution is 6.78. The third-order valence-electron chi connectivity index (χ3n) is 9.79. The van der Waals surface area contributed by atoms with Crippen LogP contribution in [0.3, 0.4) is 0 Å². The second-order valence-corrected chi connectivity index (χ2v) is 23.5. The number of hydrogen-bond acceptors (Lipinski definition) is 1. The molecule has 2 aliphatic rings. The zero-order valence-corrected chi connectivity index (χ0v) is 25.9. The van der Waals surface area contributed by atoms with Crippen molar-refractivity contribution in [3.05, 3.63) is 35.7 Å². The highest BCUT2D eigenvalue weighted by Crippen LogP contribution is 2.44. The Kier molecular flexibility index (Phi) is 9.93. The monoisotopic (exact) mass is 516 g/mol. The Morgan fingerprint density at radius 3 is 2.20 bits per heavy atom. The molecule has 1 aliphatic heterocycles. The maximum Gasteiger partial charge on any atom is 0.250 e. The molecule has 0 spiro atoms. The van der Waals surface area contributed by atoms with Crippen molar-refractivity contribution < 1.29 is 8.82 Å². The van der Waals surface area contributed by atoms with Crippen LogP contribution in [0.4, 0.5) is 4.39 Å². The van der Waals surface area contributed by atoms with Crippen molar-refractivity contribution in [2.24, 2.45) is 17.8 Å². The molecule has 3 rings (SSSR count). The van der Waals surface area contributed by atoms with Gasteiger partial charge in [0.1, 0.15) is 5.75 Å². The first-order valence-electron chi connectivity index (χ1n) is 14.6. The molecule has 1 aromatic rings. The van der Waals surface area contributed by atoms with E-state index < -0.39 is 16.4 Å². The summed E-state index contributed by atoms with van der Waals surface area (Å²) in [5, 5.41) is 0.0602. The molecular weight excluding hydrogens is 464 g/mol. The standard InChI is InChI=1S/C31H53FOSi2/c1-8-9-10-21-35(7)22-19-28(20-23-35)27-16-13-25(14-17-27)11-12-26-15-18-30(29(32)24-26)33-34(5,6)31(2,3)4/h11-12,15,18,24-25,27-28H,8-10,13-14,16-17,19-23H2,1-7H3/b12-11+. The van der Waals surface area contributed by atoms with Crippen molar-refractivity contribution in [1.29, 1.82) is 0 Å². The lowest BCUT2D eigenvalue weighted by atomic mass is 9.74. The third kappa shape index (κ3) is 8.05. The fourth-order valence-electron chi connectivity index (χ4n) is 6.05. The zero-order valence-electron chi connectivity index (χ0n) is 23.9. The van der Waals surface area contributed by atoms with Gasteiger partial charge in [-0.1, -0.05) is 103 Å². The Hall–Kier alpha value is -0.876. The summed E-state index contributed by atoms with van der Waals surface area (Å²) in [6.07, 6.45) is 17.2. The lowest BCUT2D eigenvalue weighted by molar-refractivity contribution is 0.207.